The average molecular weight is 293 g/mol. The van der Waals surface area contributed by atoms with E-state index in [1.165, 1.54) is 12.1 Å². The minimum absolute atomic E-state index is 0.0978. The fourth-order valence-electron chi connectivity index (χ4n) is 1.74. The van der Waals surface area contributed by atoms with Crippen LogP contribution in [-0.4, -0.2) is 35.0 Å². The van der Waals surface area contributed by atoms with Crippen LogP contribution in [-0.2, 0) is 16.0 Å². The van der Waals surface area contributed by atoms with Crippen LogP contribution in [0.2, 0.25) is 0 Å². The lowest BCUT2D eigenvalue weighted by Gasteiger charge is -2.21. The highest BCUT2D eigenvalue weighted by Gasteiger charge is 2.17. The molecule has 0 saturated carbocycles. The maximum absolute atomic E-state index is 11.8. The molecule has 0 fully saturated rings. The van der Waals surface area contributed by atoms with Gasteiger partial charge in [0.05, 0.1) is 12.6 Å². The minimum atomic E-state index is -0.739. The number of phenols is 1. The van der Waals surface area contributed by atoms with Gasteiger partial charge in [0.2, 0.25) is 11.8 Å². The molecule has 0 spiro atoms. The average Bonchev–Trinajstić information content (AvgIpc) is 2.36. The van der Waals surface area contributed by atoms with Gasteiger partial charge in [-0.1, -0.05) is 12.1 Å². The molecule has 1 rings (SSSR count). The molecule has 0 bridgehead atoms. The molecule has 1 aromatic rings. The van der Waals surface area contributed by atoms with Crippen LogP contribution in [0.4, 0.5) is 0 Å². The van der Waals surface area contributed by atoms with Crippen LogP contribution >= 0.6 is 0 Å². The van der Waals surface area contributed by atoms with Gasteiger partial charge in [-0.25, -0.2) is 0 Å². The third kappa shape index (κ3) is 6.76. The maximum atomic E-state index is 11.8. The van der Waals surface area contributed by atoms with E-state index in [9.17, 15) is 14.7 Å². The maximum Gasteiger partial charge on any atom is 0.239 e. The number of phenolic OH excluding ortho intramolecular Hbond substituents is 1. The molecule has 5 N–H and O–H groups in total. The highest BCUT2D eigenvalue weighted by molar-refractivity contribution is 5.87. The zero-order valence-corrected chi connectivity index (χ0v) is 12.6. The van der Waals surface area contributed by atoms with Crippen LogP contribution in [0.25, 0.3) is 0 Å². The van der Waals surface area contributed by atoms with E-state index >= 15 is 0 Å². The number of carbonyl (C=O) groups excluding carboxylic acids is 2. The molecule has 0 saturated heterocycles. The van der Waals surface area contributed by atoms with Gasteiger partial charge < -0.3 is 21.5 Å². The SMILES string of the molecule is CC(C)(C)NC(=O)CNC(=O)C(N)Cc1ccc(O)cc1. The number of hydrogen-bond donors (Lipinski definition) is 4. The van der Waals surface area contributed by atoms with Crippen molar-refractivity contribution in [3.8, 4) is 5.75 Å². The van der Waals surface area contributed by atoms with E-state index in [-0.39, 0.29) is 29.6 Å². The molecule has 0 radical (unpaired) electrons. The second-order valence-corrected chi connectivity index (χ2v) is 5.99. The van der Waals surface area contributed by atoms with E-state index in [2.05, 4.69) is 10.6 Å². The van der Waals surface area contributed by atoms with Crippen LogP contribution in [0.5, 0.6) is 5.75 Å². The summed E-state index contributed by atoms with van der Waals surface area (Å²) in [5, 5.41) is 14.4. The smallest absolute Gasteiger partial charge is 0.239 e. The van der Waals surface area contributed by atoms with Gasteiger partial charge in [-0.3, -0.25) is 9.59 Å². The Hall–Kier alpha value is -2.08. The van der Waals surface area contributed by atoms with Crippen LogP contribution < -0.4 is 16.4 Å². The predicted octanol–water partition coefficient (Wildman–Crippen LogP) is 0.293. The van der Waals surface area contributed by atoms with Gasteiger partial charge in [0.1, 0.15) is 5.75 Å². The summed E-state index contributed by atoms with van der Waals surface area (Å²) in [4.78, 5) is 23.4. The first-order valence-corrected chi connectivity index (χ1v) is 6.79. The van der Waals surface area contributed by atoms with E-state index < -0.39 is 6.04 Å². The molecule has 6 nitrogen and oxygen atoms in total. The molecule has 1 unspecified atom stereocenters. The number of nitrogens with two attached hydrogens (primary N) is 1. The van der Waals surface area contributed by atoms with E-state index in [0.29, 0.717) is 6.42 Å². The third-order valence-electron chi connectivity index (χ3n) is 2.67. The van der Waals surface area contributed by atoms with Crippen LogP contribution in [0.15, 0.2) is 24.3 Å². The lowest BCUT2D eigenvalue weighted by atomic mass is 10.1. The minimum Gasteiger partial charge on any atom is -0.508 e. The van der Waals surface area contributed by atoms with E-state index in [4.69, 9.17) is 5.73 Å². The van der Waals surface area contributed by atoms with Gasteiger partial charge in [-0.2, -0.15) is 0 Å². The summed E-state index contributed by atoms with van der Waals surface area (Å²) in [6.07, 6.45) is 0.340. The van der Waals surface area contributed by atoms with Crippen molar-refractivity contribution in [1.82, 2.24) is 10.6 Å². The number of benzene rings is 1. The number of aromatic hydroxyl groups is 1. The highest BCUT2D eigenvalue weighted by Crippen LogP contribution is 2.10. The fraction of sp³-hybridized carbons (Fsp3) is 0.467. The first-order valence-electron chi connectivity index (χ1n) is 6.79. The molecule has 1 aromatic carbocycles. The molecule has 0 aliphatic heterocycles. The molecule has 21 heavy (non-hydrogen) atoms. The Bertz CT molecular complexity index is 492. The summed E-state index contributed by atoms with van der Waals surface area (Å²) in [5.41, 5.74) is 6.30. The van der Waals surface area contributed by atoms with Gasteiger partial charge >= 0.3 is 0 Å². The topological polar surface area (TPSA) is 104 Å². The first-order chi connectivity index (χ1) is 9.67. The summed E-state index contributed by atoms with van der Waals surface area (Å²) in [5.74, 6) is -0.476. The second kappa shape index (κ2) is 7.08. The molecular formula is C15H23N3O3. The summed E-state index contributed by atoms with van der Waals surface area (Å²) >= 11 is 0. The zero-order chi connectivity index (χ0) is 16.0. The predicted molar refractivity (Wildman–Crippen MR) is 80.7 cm³/mol. The molecule has 0 aliphatic carbocycles. The quantitative estimate of drug-likeness (QED) is 0.626. The Morgan fingerprint density at radius 3 is 2.33 bits per heavy atom. The molecular weight excluding hydrogens is 270 g/mol. The van der Waals surface area contributed by atoms with Gasteiger partial charge in [0.25, 0.3) is 0 Å². The summed E-state index contributed by atoms with van der Waals surface area (Å²) < 4.78 is 0. The lowest BCUT2D eigenvalue weighted by Crippen LogP contribution is -2.49. The van der Waals surface area contributed by atoms with Crippen molar-refractivity contribution >= 4 is 11.8 Å². The van der Waals surface area contributed by atoms with Crippen molar-refractivity contribution in [2.75, 3.05) is 6.54 Å². The van der Waals surface area contributed by atoms with Gasteiger partial charge in [-0.05, 0) is 44.9 Å². The number of nitrogens with one attached hydrogen (secondary N) is 2. The second-order valence-electron chi connectivity index (χ2n) is 5.99. The van der Waals surface area contributed by atoms with E-state index in [1.54, 1.807) is 12.1 Å². The number of carbonyl (C=O) groups is 2. The summed E-state index contributed by atoms with van der Waals surface area (Å²) in [6.45, 7) is 5.50. The van der Waals surface area contributed by atoms with Crippen molar-refractivity contribution in [3.63, 3.8) is 0 Å². The Kier molecular flexibility index (Phi) is 5.72. The molecule has 116 valence electrons. The van der Waals surface area contributed by atoms with Crippen molar-refractivity contribution < 1.29 is 14.7 Å². The van der Waals surface area contributed by atoms with Crippen molar-refractivity contribution in [3.05, 3.63) is 29.8 Å². The third-order valence-corrected chi connectivity index (χ3v) is 2.67. The molecule has 0 aliphatic rings. The van der Waals surface area contributed by atoms with Crippen molar-refractivity contribution in [1.29, 1.82) is 0 Å². The number of rotatable bonds is 5. The standard InChI is InChI=1S/C15H23N3O3/c1-15(2,3)18-13(20)9-17-14(21)12(16)8-10-4-6-11(19)7-5-10/h4-7,12,19H,8-9,16H2,1-3H3,(H,17,21)(H,18,20). The molecule has 0 aromatic heterocycles. The van der Waals surface area contributed by atoms with E-state index in [1.807, 2.05) is 20.8 Å². The number of hydrogen-bond acceptors (Lipinski definition) is 4. The van der Waals surface area contributed by atoms with Crippen LogP contribution in [0.3, 0.4) is 0 Å². The molecule has 0 heterocycles. The van der Waals surface area contributed by atoms with Crippen molar-refractivity contribution in [2.45, 2.75) is 38.8 Å². The molecule has 2 amide bonds. The Morgan fingerprint density at radius 1 is 1.24 bits per heavy atom. The van der Waals surface area contributed by atoms with Crippen molar-refractivity contribution in [2.24, 2.45) is 5.73 Å². The molecule has 1 atom stereocenters. The first kappa shape index (κ1) is 17.0. The largest absolute Gasteiger partial charge is 0.508 e. The zero-order valence-electron chi connectivity index (χ0n) is 12.6. The summed E-state index contributed by atoms with van der Waals surface area (Å²) in [6, 6.07) is 5.74. The normalized spacial score (nSPS) is 12.6. The summed E-state index contributed by atoms with van der Waals surface area (Å²) in [7, 11) is 0. The Morgan fingerprint density at radius 2 is 1.81 bits per heavy atom. The molecule has 6 heteroatoms. The highest BCUT2D eigenvalue weighted by atomic mass is 16.3. The Balaban J connectivity index is 2.41. The van der Waals surface area contributed by atoms with Crippen LogP contribution in [0.1, 0.15) is 26.3 Å². The monoisotopic (exact) mass is 293 g/mol. The Labute approximate surface area is 124 Å². The van der Waals surface area contributed by atoms with Gasteiger partial charge in [0, 0.05) is 5.54 Å². The van der Waals surface area contributed by atoms with Crippen LogP contribution in [0, 0.1) is 0 Å². The van der Waals surface area contributed by atoms with Gasteiger partial charge in [0.15, 0.2) is 0 Å². The lowest BCUT2D eigenvalue weighted by molar-refractivity contribution is -0.127. The van der Waals surface area contributed by atoms with Gasteiger partial charge in [-0.15, -0.1) is 0 Å². The number of amides is 2. The van der Waals surface area contributed by atoms with E-state index in [0.717, 1.165) is 5.56 Å². The fourth-order valence-corrected chi connectivity index (χ4v) is 1.74.